The molecule has 0 radical (unpaired) electrons. The molecule has 0 aliphatic carbocycles. The van der Waals surface area contributed by atoms with Gasteiger partial charge in [-0.1, -0.05) is 42.5 Å². The van der Waals surface area contributed by atoms with Gasteiger partial charge in [0, 0.05) is 18.6 Å². The van der Waals surface area contributed by atoms with Gasteiger partial charge in [-0.25, -0.2) is 0 Å². The lowest BCUT2D eigenvalue weighted by Crippen LogP contribution is -2.01. The molecule has 0 heterocycles. The summed E-state index contributed by atoms with van der Waals surface area (Å²) in [6, 6.07) is 15.6. The van der Waals surface area contributed by atoms with Crippen molar-refractivity contribution in [3.05, 3.63) is 75.8 Å². The number of rotatable bonds is 4. The SMILES string of the molecule is O=[N+]([O-])c1ccc(CC(O)c2ccccc2)cc1. The fourth-order valence-corrected chi connectivity index (χ4v) is 1.77. The minimum absolute atomic E-state index is 0.0629. The summed E-state index contributed by atoms with van der Waals surface area (Å²) in [5, 5.41) is 20.5. The standard InChI is InChI=1S/C14H13NO3/c16-14(12-4-2-1-3-5-12)10-11-6-8-13(9-7-11)15(17)18/h1-9,14,16H,10H2. The highest BCUT2D eigenvalue weighted by molar-refractivity contribution is 5.33. The lowest BCUT2D eigenvalue weighted by molar-refractivity contribution is -0.384. The summed E-state index contributed by atoms with van der Waals surface area (Å²) < 4.78 is 0. The molecule has 0 fully saturated rings. The summed E-state index contributed by atoms with van der Waals surface area (Å²) in [6.45, 7) is 0. The van der Waals surface area contributed by atoms with Crippen molar-refractivity contribution in [2.24, 2.45) is 0 Å². The number of benzene rings is 2. The Labute approximate surface area is 105 Å². The fourth-order valence-electron chi connectivity index (χ4n) is 1.77. The zero-order valence-corrected chi connectivity index (χ0v) is 9.69. The van der Waals surface area contributed by atoms with Crippen molar-refractivity contribution < 1.29 is 10.0 Å². The molecule has 0 saturated heterocycles. The van der Waals surface area contributed by atoms with Crippen LogP contribution in [-0.4, -0.2) is 10.0 Å². The van der Waals surface area contributed by atoms with Crippen LogP contribution in [0.15, 0.2) is 54.6 Å². The number of aliphatic hydroxyl groups is 1. The van der Waals surface area contributed by atoms with Crippen LogP contribution in [0.1, 0.15) is 17.2 Å². The average molecular weight is 243 g/mol. The maximum absolute atomic E-state index is 10.5. The third kappa shape index (κ3) is 2.93. The number of hydrogen-bond acceptors (Lipinski definition) is 3. The molecule has 18 heavy (non-hydrogen) atoms. The molecule has 0 bridgehead atoms. The summed E-state index contributed by atoms with van der Waals surface area (Å²) >= 11 is 0. The van der Waals surface area contributed by atoms with Crippen molar-refractivity contribution in [2.45, 2.75) is 12.5 Å². The van der Waals surface area contributed by atoms with Gasteiger partial charge in [0.05, 0.1) is 11.0 Å². The maximum Gasteiger partial charge on any atom is 0.269 e. The average Bonchev–Trinajstić information content (AvgIpc) is 2.40. The highest BCUT2D eigenvalue weighted by atomic mass is 16.6. The fraction of sp³-hybridized carbons (Fsp3) is 0.143. The van der Waals surface area contributed by atoms with Gasteiger partial charge >= 0.3 is 0 Å². The Morgan fingerprint density at radius 1 is 1.06 bits per heavy atom. The first-order valence-corrected chi connectivity index (χ1v) is 5.63. The molecule has 2 aromatic rings. The molecule has 0 aromatic heterocycles. The first kappa shape index (κ1) is 12.3. The molecular formula is C14H13NO3. The summed E-state index contributed by atoms with van der Waals surface area (Å²) in [7, 11) is 0. The van der Waals surface area contributed by atoms with Crippen molar-refractivity contribution in [3.8, 4) is 0 Å². The zero-order chi connectivity index (χ0) is 13.0. The van der Waals surface area contributed by atoms with Crippen LogP contribution in [0.2, 0.25) is 0 Å². The lowest BCUT2D eigenvalue weighted by atomic mass is 10.0. The highest BCUT2D eigenvalue weighted by Crippen LogP contribution is 2.19. The zero-order valence-electron chi connectivity index (χ0n) is 9.69. The van der Waals surface area contributed by atoms with Gasteiger partial charge in [0.1, 0.15) is 0 Å². The molecule has 4 heteroatoms. The number of non-ortho nitro benzene ring substituents is 1. The van der Waals surface area contributed by atoms with E-state index in [-0.39, 0.29) is 5.69 Å². The molecular weight excluding hydrogens is 230 g/mol. The van der Waals surface area contributed by atoms with Crippen LogP contribution in [0.3, 0.4) is 0 Å². The minimum atomic E-state index is -0.590. The van der Waals surface area contributed by atoms with E-state index in [2.05, 4.69) is 0 Å². The van der Waals surface area contributed by atoms with Crippen molar-refractivity contribution in [3.63, 3.8) is 0 Å². The predicted octanol–water partition coefficient (Wildman–Crippen LogP) is 2.87. The van der Waals surface area contributed by atoms with Gasteiger partial charge in [0.15, 0.2) is 0 Å². The van der Waals surface area contributed by atoms with Crippen molar-refractivity contribution in [1.29, 1.82) is 0 Å². The van der Waals surface area contributed by atoms with Crippen LogP contribution in [0.4, 0.5) is 5.69 Å². The van der Waals surface area contributed by atoms with Crippen LogP contribution in [0.5, 0.6) is 0 Å². The smallest absolute Gasteiger partial charge is 0.269 e. The Morgan fingerprint density at radius 3 is 2.22 bits per heavy atom. The van der Waals surface area contributed by atoms with E-state index in [1.165, 1.54) is 12.1 Å². The van der Waals surface area contributed by atoms with E-state index < -0.39 is 11.0 Å². The van der Waals surface area contributed by atoms with E-state index in [1.807, 2.05) is 30.3 Å². The number of aliphatic hydroxyl groups excluding tert-OH is 1. The third-order valence-corrected chi connectivity index (χ3v) is 2.76. The Bertz CT molecular complexity index is 522. The van der Waals surface area contributed by atoms with Crippen molar-refractivity contribution in [2.75, 3.05) is 0 Å². The molecule has 4 nitrogen and oxygen atoms in total. The van der Waals surface area contributed by atoms with Gasteiger partial charge in [-0.05, 0) is 11.1 Å². The first-order valence-electron chi connectivity index (χ1n) is 5.63. The van der Waals surface area contributed by atoms with Gasteiger partial charge in [-0.3, -0.25) is 10.1 Å². The third-order valence-electron chi connectivity index (χ3n) is 2.76. The van der Waals surface area contributed by atoms with E-state index in [4.69, 9.17) is 0 Å². The van der Waals surface area contributed by atoms with Crippen molar-refractivity contribution >= 4 is 5.69 Å². The second-order valence-electron chi connectivity index (χ2n) is 4.05. The van der Waals surface area contributed by atoms with E-state index in [0.717, 1.165) is 11.1 Å². The summed E-state index contributed by atoms with van der Waals surface area (Å²) in [6.07, 6.45) is -0.144. The summed E-state index contributed by atoms with van der Waals surface area (Å²) in [4.78, 5) is 10.1. The highest BCUT2D eigenvalue weighted by Gasteiger charge is 2.09. The number of hydrogen-bond donors (Lipinski definition) is 1. The summed E-state index contributed by atoms with van der Waals surface area (Å²) in [5.41, 5.74) is 1.78. The van der Waals surface area contributed by atoms with Crippen LogP contribution < -0.4 is 0 Å². The summed E-state index contributed by atoms with van der Waals surface area (Å²) in [5.74, 6) is 0. The predicted molar refractivity (Wildman–Crippen MR) is 68.2 cm³/mol. The minimum Gasteiger partial charge on any atom is -0.388 e. The van der Waals surface area contributed by atoms with Gasteiger partial charge < -0.3 is 5.11 Å². The molecule has 2 aromatic carbocycles. The second kappa shape index (κ2) is 5.42. The number of nitro groups is 1. The van der Waals surface area contributed by atoms with Crippen LogP contribution in [-0.2, 0) is 6.42 Å². The molecule has 0 amide bonds. The normalized spacial score (nSPS) is 12.1. The molecule has 92 valence electrons. The van der Waals surface area contributed by atoms with Gasteiger partial charge in [0.25, 0.3) is 5.69 Å². The van der Waals surface area contributed by atoms with Gasteiger partial charge in [0.2, 0.25) is 0 Å². The van der Waals surface area contributed by atoms with Crippen LogP contribution >= 0.6 is 0 Å². The quantitative estimate of drug-likeness (QED) is 0.663. The van der Waals surface area contributed by atoms with Crippen LogP contribution in [0, 0.1) is 10.1 Å². The molecule has 0 aliphatic heterocycles. The topological polar surface area (TPSA) is 63.4 Å². The Morgan fingerprint density at radius 2 is 1.67 bits per heavy atom. The molecule has 0 saturated carbocycles. The van der Waals surface area contributed by atoms with Crippen LogP contribution in [0.25, 0.3) is 0 Å². The van der Waals surface area contributed by atoms with E-state index >= 15 is 0 Å². The second-order valence-corrected chi connectivity index (χ2v) is 4.05. The lowest BCUT2D eigenvalue weighted by Gasteiger charge is -2.10. The van der Waals surface area contributed by atoms with Gasteiger partial charge in [-0.15, -0.1) is 0 Å². The van der Waals surface area contributed by atoms with E-state index in [0.29, 0.717) is 6.42 Å². The Balaban J connectivity index is 2.08. The molecule has 1 N–H and O–H groups in total. The van der Waals surface area contributed by atoms with Crippen molar-refractivity contribution in [1.82, 2.24) is 0 Å². The molecule has 1 unspecified atom stereocenters. The van der Waals surface area contributed by atoms with E-state index in [9.17, 15) is 15.2 Å². The largest absolute Gasteiger partial charge is 0.388 e. The molecule has 2 rings (SSSR count). The molecule has 0 aliphatic rings. The monoisotopic (exact) mass is 243 g/mol. The Kier molecular flexibility index (Phi) is 3.69. The molecule has 0 spiro atoms. The maximum atomic E-state index is 10.5. The number of nitro benzene ring substituents is 1. The first-order chi connectivity index (χ1) is 8.66. The van der Waals surface area contributed by atoms with Gasteiger partial charge in [-0.2, -0.15) is 0 Å². The number of nitrogens with zero attached hydrogens (tertiary/aromatic N) is 1. The Hall–Kier alpha value is -2.20. The molecule has 1 atom stereocenters. The van der Waals surface area contributed by atoms with E-state index in [1.54, 1.807) is 12.1 Å².